The predicted octanol–water partition coefficient (Wildman–Crippen LogP) is -0.0509. The van der Waals surface area contributed by atoms with Crippen LogP contribution in [0.15, 0.2) is 0 Å². The van der Waals surface area contributed by atoms with E-state index in [4.69, 9.17) is 10.8 Å². The minimum atomic E-state index is -1.02. The molecule has 0 aromatic carbocycles. The van der Waals surface area contributed by atoms with E-state index in [9.17, 15) is 9.59 Å². The zero-order chi connectivity index (χ0) is 11.3. The van der Waals surface area contributed by atoms with E-state index >= 15 is 0 Å². The number of carbonyl (C=O) groups excluding carboxylic acids is 1. The first-order valence-electron chi connectivity index (χ1n) is 4.63. The molecule has 1 amide bonds. The molecule has 0 saturated heterocycles. The predicted molar refractivity (Wildman–Crippen MR) is 52.7 cm³/mol. The van der Waals surface area contributed by atoms with Gasteiger partial charge in [0, 0.05) is 0 Å². The summed E-state index contributed by atoms with van der Waals surface area (Å²) in [5.41, 5.74) is 5.31. The van der Waals surface area contributed by atoms with Crippen molar-refractivity contribution >= 4 is 11.9 Å². The van der Waals surface area contributed by atoms with Crippen LogP contribution in [0.1, 0.15) is 27.2 Å². The van der Waals surface area contributed by atoms with Gasteiger partial charge in [0.25, 0.3) is 0 Å². The van der Waals surface area contributed by atoms with E-state index in [2.05, 4.69) is 5.32 Å². The molecule has 0 fully saturated rings. The molecule has 0 aliphatic heterocycles. The van der Waals surface area contributed by atoms with Crippen LogP contribution < -0.4 is 11.1 Å². The molecule has 0 saturated carbocycles. The van der Waals surface area contributed by atoms with Gasteiger partial charge in [-0.25, -0.2) is 4.79 Å². The maximum atomic E-state index is 11.1. The van der Waals surface area contributed by atoms with Crippen LogP contribution in [0.5, 0.6) is 0 Å². The molecule has 2 atom stereocenters. The number of carboxylic acids is 1. The van der Waals surface area contributed by atoms with Gasteiger partial charge in [0.2, 0.25) is 5.91 Å². The normalized spacial score (nSPS) is 14.9. The minimum Gasteiger partial charge on any atom is -0.480 e. The van der Waals surface area contributed by atoms with Crippen molar-refractivity contribution < 1.29 is 14.7 Å². The summed E-state index contributed by atoms with van der Waals surface area (Å²) in [6.07, 6.45) is 0.411. The number of hydrogen-bond acceptors (Lipinski definition) is 3. The zero-order valence-electron chi connectivity index (χ0n) is 8.78. The van der Waals surface area contributed by atoms with Crippen molar-refractivity contribution in [2.75, 3.05) is 0 Å². The van der Waals surface area contributed by atoms with Gasteiger partial charge >= 0.3 is 5.97 Å². The largest absolute Gasteiger partial charge is 0.480 e. The second-order valence-corrected chi connectivity index (χ2v) is 3.82. The molecule has 5 heteroatoms. The molecule has 5 nitrogen and oxygen atoms in total. The highest BCUT2D eigenvalue weighted by molar-refractivity contribution is 5.86. The Morgan fingerprint density at radius 1 is 1.36 bits per heavy atom. The third kappa shape index (κ3) is 4.81. The Labute approximate surface area is 83.7 Å². The summed E-state index contributed by atoms with van der Waals surface area (Å²) < 4.78 is 0. The Kier molecular flexibility index (Phi) is 5.15. The highest BCUT2D eigenvalue weighted by Crippen LogP contribution is 2.04. The molecule has 0 heterocycles. The standard InChI is InChI=1S/C9H18N2O3/c1-5(2)4-7(9(13)14)11-8(12)6(3)10/h5-7H,4,10H2,1-3H3,(H,11,12)(H,13,14)/t6?,7-/m0/s1. The molecule has 82 valence electrons. The highest BCUT2D eigenvalue weighted by atomic mass is 16.4. The van der Waals surface area contributed by atoms with Crippen LogP contribution in [0.25, 0.3) is 0 Å². The van der Waals surface area contributed by atoms with E-state index in [0.717, 1.165) is 0 Å². The fourth-order valence-electron chi connectivity index (χ4n) is 0.996. The average molecular weight is 202 g/mol. The lowest BCUT2D eigenvalue weighted by Gasteiger charge is -2.17. The maximum Gasteiger partial charge on any atom is 0.326 e. The Morgan fingerprint density at radius 3 is 2.14 bits per heavy atom. The monoisotopic (exact) mass is 202 g/mol. The number of carboxylic acid groups (broad SMARTS) is 1. The molecular weight excluding hydrogens is 184 g/mol. The fraction of sp³-hybridized carbons (Fsp3) is 0.778. The molecule has 4 N–H and O–H groups in total. The summed E-state index contributed by atoms with van der Waals surface area (Å²) in [6.45, 7) is 5.31. The van der Waals surface area contributed by atoms with E-state index in [1.807, 2.05) is 13.8 Å². The summed E-state index contributed by atoms with van der Waals surface area (Å²) in [4.78, 5) is 21.9. The molecule has 0 radical (unpaired) electrons. The van der Waals surface area contributed by atoms with Crippen LogP contribution in [-0.2, 0) is 9.59 Å². The summed E-state index contributed by atoms with van der Waals surface area (Å²) >= 11 is 0. The molecule has 0 rings (SSSR count). The van der Waals surface area contributed by atoms with Gasteiger partial charge in [-0.1, -0.05) is 13.8 Å². The van der Waals surface area contributed by atoms with Crippen LogP contribution in [0.4, 0.5) is 0 Å². The number of rotatable bonds is 5. The summed E-state index contributed by atoms with van der Waals surface area (Å²) in [6, 6.07) is -1.52. The van der Waals surface area contributed by atoms with Crippen molar-refractivity contribution in [3.8, 4) is 0 Å². The van der Waals surface area contributed by atoms with Crippen molar-refractivity contribution in [3.05, 3.63) is 0 Å². The fourth-order valence-corrected chi connectivity index (χ4v) is 0.996. The number of carbonyl (C=O) groups is 2. The van der Waals surface area contributed by atoms with Gasteiger partial charge in [0.15, 0.2) is 0 Å². The number of amides is 1. The zero-order valence-corrected chi connectivity index (χ0v) is 8.78. The summed E-state index contributed by atoms with van der Waals surface area (Å²) in [5.74, 6) is -1.24. The molecule has 0 aliphatic carbocycles. The van der Waals surface area contributed by atoms with Gasteiger partial charge in [0.05, 0.1) is 6.04 Å². The van der Waals surface area contributed by atoms with E-state index in [1.54, 1.807) is 0 Å². The van der Waals surface area contributed by atoms with Crippen molar-refractivity contribution in [2.45, 2.75) is 39.3 Å². The molecule has 0 aromatic heterocycles. The van der Waals surface area contributed by atoms with E-state index in [-0.39, 0.29) is 5.92 Å². The third-order valence-corrected chi connectivity index (χ3v) is 1.74. The van der Waals surface area contributed by atoms with Gasteiger partial charge in [-0.2, -0.15) is 0 Å². The van der Waals surface area contributed by atoms with Gasteiger partial charge in [-0.05, 0) is 19.3 Å². The van der Waals surface area contributed by atoms with Crippen LogP contribution in [0.3, 0.4) is 0 Å². The first-order valence-corrected chi connectivity index (χ1v) is 4.63. The van der Waals surface area contributed by atoms with Gasteiger partial charge < -0.3 is 16.2 Å². The summed E-state index contributed by atoms with van der Waals surface area (Å²) in [7, 11) is 0. The molecule has 0 bridgehead atoms. The number of nitrogens with two attached hydrogens (primary N) is 1. The molecular formula is C9H18N2O3. The van der Waals surface area contributed by atoms with Gasteiger partial charge in [-0.3, -0.25) is 4.79 Å². The number of nitrogens with one attached hydrogen (secondary N) is 1. The van der Waals surface area contributed by atoms with Crippen LogP contribution in [-0.4, -0.2) is 29.1 Å². The topological polar surface area (TPSA) is 92.4 Å². The Hall–Kier alpha value is -1.10. The Balaban J connectivity index is 4.23. The van der Waals surface area contributed by atoms with E-state index in [0.29, 0.717) is 6.42 Å². The van der Waals surface area contributed by atoms with Crippen LogP contribution >= 0.6 is 0 Å². The lowest BCUT2D eigenvalue weighted by atomic mass is 10.0. The second-order valence-electron chi connectivity index (χ2n) is 3.82. The number of hydrogen-bond donors (Lipinski definition) is 3. The molecule has 0 aromatic rings. The maximum absolute atomic E-state index is 11.1. The average Bonchev–Trinajstić information content (AvgIpc) is 2.01. The van der Waals surface area contributed by atoms with Crippen molar-refractivity contribution in [2.24, 2.45) is 11.7 Å². The SMILES string of the molecule is CC(C)C[C@H](NC(=O)C(C)N)C(=O)O. The summed E-state index contributed by atoms with van der Waals surface area (Å²) in [5, 5.41) is 11.2. The first-order chi connectivity index (χ1) is 6.34. The molecule has 1 unspecified atom stereocenters. The molecule has 0 aliphatic rings. The lowest BCUT2D eigenvalue weighted by molar-refractivity contribution is -0.142. The smallest absolute Gasteiger partial charge is 0.326 e. The van der Waals surface area contributed by atoms with Crippen molar-refractivity contribution in [1.29, 1.82) is 0 Å². The first kappa shape index (κ1) is 12.9. The van der Waals surface area contributed by atoms with Gasteiger partial charge in [-0.15, -0.1) is 0 Å². The van der Waals surface area contributed by atoms with Crippen LogP contribution in [0, 0.1) is 5.92 Å². The Morgan fingerprint density at radius 2 is 1.86 bits per heavy atom. The van der Waals surface area contributed by atoms with Crippen LogP contribution in [0.2, 0.25) is 0 Å². The Bertz CT molecular complexity index is 214. The second kappa shape index (κ2) is 5.59. The van der Waals surface area contributed by atoms with Gasteiger partial charge in [0.1, 0.15) is 6.04 Å². The molecule has 0 spiro atoms. The van der Waals surface area contributed by atoms with Crippen molar-refractivity contribution in [1.82, 2.24) is 5.32 Å². The van der Waals surface area contributed by atoms with E-state index in [1.165, 1.54) is 6.92 Å². The quantitative estimate of drug-likeness (QED) is 0.582. The highest BCUT2D eigenvalue weighted by Gasteiger charge is 2.22. The number of aliphatic carboxylic acids is 1. The lowest BCUT2D eigenvalue weighted by Crippen LogP contribution is -2.47. The third-order valence-electron chi connectivity index (χ3n) is 1.74. The van der Waals surface area contributed by atoms with E-state index < -0.39 is 24.0 Å². The van der Waals surface area contributed by atoms with Crippen molar-refractivity contribution in [3.63, 3.8) is 0 Å². The molecule has 14 heavy (non-hydrogen) atoms. The minimum absolute atomic E-state index is 0.212.